The molecule has 0 fully saturated rings. The molecule has 1 aromatic rings. The van der Waals surface area contributed by atoms with Gasteiger partial charge in [-0.3, -0.25) is 0 Å². The zero-order valence-electron chi connectivity index (χ0n) is 7.23. The van der Waals surface area contributed by atoms with Gasteiger partial charge in [0.25, 0.3) is 0 Å². The van der Waals surface area contributed by atoms with Gasteiger partial charge in [-0.05, 0) is 17.4 Å². The van der Waals surface area contributed by atoms with Gasteiger partial charge < -0.3 is 5.41 Å². The van der Waals surface area contributed by atoms with Crippen LogP contribution in [0.15, 0.2) is 41.8 Å². The number of allylic oxidation sites excluding steroid dienone is 1. The molecule has 0 saturated carbocycles. The lowest BCUT2D eigenvalue weighted by Crippen LogP contribution is -2.13. The predicted molar refractivity (Wildman–Crippen MR) is 58.4 cm³/mol. The second-order valence-electron chi connectivity index (χ2n) is 3.01. The molecule has 0 saturated heterocycles. The Balaban J connectivity index is 2.14. The third kappa shape index (κ3) is 1.83. The standard InChI is InChI=1S/C11H11NS/c12-11(10-7-4-8-13-10)9-5-2-1-3-6-9/h1-6,8,10,12H,7H2. The van der Waals surface area contributed by atoms with Crippen LogP contribution in [0.4, 0.5) is 0 Å². The quantitative estimate of drug-likeness (QED) is 0.710. The fourth-order valence-corrected chi connectivity index (χ4v) is 2.28. The minimum atomic E-state index is 0.336. The van der Waals surface area contributed by atoms with E-state index in [-0.39, 0.29) is 0 Å². The highest BCUT2D eigenvalue weighted by Gasteiger charge is 2.17. The molecule has 1 unspecified atom stereocenters. The van der Waals surface area contributed by atoms with Crippen LogP contribution in [-0.4, -0.2) is 11.0 Å². The SMILES string of the molecule is N=C(c1ccccc1)C1CC=CS1. The maximum Gasteiger partial charge on any atom is 0.0545 e. The molecule has 1 aromatic carbocycles. The summed E-state index contributed by atoms with van der Waals surface area (Å²) < 4.78 is 0. The van der Waals surface area contributed by atoms with E-state index in [0.717, 1.165) is 17.7 Å². The first-order chi connectivity index (χ1) is 6.38. The third-order valence-corrected chi connectivity index (χ3v) is 3.20. The number of benzene rings is 1. The van der Waals surface area contributed by atoms with Gasteiger partial charge in [-0.1, -0.05) is 36.4 Å². The normalized spacial score (nSPS) is 20.5. The van der Waals surface area contributed by atoms with Crippen LogP contribution >= 0.6 is 11.8 Å². The lowest BCUT2D eigenvalue weighted by atomic mass is 10.1. The number of thioether (sulfide) groups is 1. The summed E-state index contributed by atoms with van der Waals surface area (Å²) in [7, 11) is 0. The summed E-state index contributed by atoms with van der Waals surface area (Å²) in [6, 6.07) is 9.95. The van der Waals surface area contributed by atoms with Crippen LogP contribution in [0.25, 0.3) is 0 Å². The molecule has 2 heteroatoms. The maximum absolute atomic E-state index is 7.97. The number of hydrogen-bond donors (Lipinski definition) is 1. The summed E-state index contributed by atoms with van der Waals surface area (Å²) in [6.45, 7) is 0. The maximum atomic E-state index is 7.97. The van der Waals surface area contributed by atoms with E-state index >= 15 is 0 Å². The van der Waals surface area contributed by atoms with Crippen LogP contribution in [0.1, 0.15) is 12.0 Å². The van der Waals surface area contributed by atoms with E-state index in [2.05, 4.69) is 11.5 Å². The van der Waals surface area contributed by atoms with Gasteiger partial charge in [-0.2, -0.15) is 0 Å². The predicted octanol–water partition coefficient (Wildman–Crippen LogP) is 3.07. The molecular formula is C11H11NS. The van der Waals surface area contributed by atoms with E-state index in [1.54, 1.807) is 11.8 Å². The van der Waals surface area contributed by atoms with Crippen molar-refractivity contribution in [2.24, 2.45) is 0 Å². The summed E-state index contributed by atoms with van der Waals surface area (Å²) in [5, 5.41) is 10.4. The molecule has 1 nitrogen and oxygen atoms in total. The molecule has 0 aromatic heterocycles. The Morgan fingerprint density at radius 2 is 2.08 bits per heavy atom. The van der Waals surface area contributed by atoms with Gasteiger partial charge in [0.15, 0.2) is 0 Å². The molecule has 66 valence electrons. The lowest BCUT2D eigenvalue weighted by Gasteiger charge is -2.09. The van der Waals surface area contributed by atoms with Crippen molar-refractivity contribution in [2.75, 3.05) is 0 Å². The first kappa shape index (κ1) is 8.57. The molecular weight excluding hydrogens is 178 g/mol. The smallest absolute Gasteiger partial charge is 0.0545 e. The molecule has 0 aliphatic carbocycles. The Kier molecular flexibility index (Phi) is 2.50. The third-order valence-electron chi connectivity index (χ3n) is 2.10. The van der Waals surface area contributed by atoms with Gasteiger partial charge >= 0.3 is 0 Å². The van der Waals surface area contributed by atoms with Crippen LogP contribution < -0.4 is 0 Å². The van der Waals surface area contributed by atoms with E-state index in [0.29, 0.717) is 5.25 Å². The Morgan fingerprint density at radius 1 is 1.31 bits per heavy atom. The van der Waals surface area contributed by atoms with Crippen molar-refractivity contribution >= 4 is 17.5 Å². The van der Waals surface area contributed by atoms with Crippen molar-refractivity contribution in [3.63, 3.8) is 0 Å². The molecule has 1 atom stereocenters. The molecule has 0 bridgehead atoms. The van der Waals surface area contributed by atoms with Crippen molar-refractivity contribution in [1.82, 2.24) is 0 Å². The highest BCUT2D eigenvalue weighted by molar-refractivity contribution is 8.03. The Bertz CT molecular complexity index is 321. The molecule has 0 spiro atoms. The number of hydrogen-bond acceptors (Lipinski definition) is 2. The fraction of sp³-hybridized carbons (Fsp3) is 0.182. The number of nitrogens with one attached hydrogen (secondary N) is 1. The minimum absolute atomic E-state index is 0.336. The molecule has 1 aliphatic rings. The minimum Gasteiger partial charge on any atom is -0.303 e. The molecule has 13 heavy (non-hydrogen) atoms. The second kappa shape index (κ2) is 3.79. The molecule has 1 aliphatic heterocycles. The van der Waals surface area contributed by atoms with Gasteiger partial charge in [-0.15, -0.1) is 11.8 Å². The second-order valence-corrected chi connectivity index (χ2v) is 4.13. The Hall–Kier alpha value is -1.02. The van der Waals surface area contributed by atoms with Crippen LogP contribution in [-0.2, 0) is 0 Å². The van der Waals surface area contributed by atoms with Crippen molar-refractivity contribution in [3.05, 3.63) is 47.4 Å². The number of rotatable bonds is 2. The molecule has 1 heterocycles. The first-order valence-electron chi connectivity index (χ1n) is 4.32. The van der Waals surface area contributed by atoms with Gasteiger partial charge in [0.2, 0.25) is 0 Å². The van der Waals surface area contributed by atoms with E-state index in [1.807, 2.05) is 30.3 Å². The monoisotopic (exact) mass is 189 g/mol. The van der Waals surface area contributed by atoms with Crippen molar-refractivity contribution < 1.29 is 0 Å². The average Bonchev–Trinajstić information content (AvgIpc) is 2.71. The van der Waals surface area contributed by atoms with Crippen molar-refractivity contribution in [3.8, 4) is 0 Å². The summed E-state index contributed by atoms with van der Waals surface area (Å²) in [4.78, 5) is 0. The molecule has 0 radical (unpaired) electrons. The zero-order valence-corrected chi connectivity index (χ0v) is 8.05. The lowest BCUT2D eigenvalue weighted by molar-refractivity contribution is 1.12. The summed E-state index contributed by atoms with van der Waals surface area (Å²) in [5.41, 5.74) is 1.79. The van der Waals surface area contributed by atoms with Gasteiger partial charge in [0, 0.05) is 0 Å². The Labute approximate surface area is 82.4 Å². The van der Waals surface area contributed by atoms with Gasteiger partial charge in [-0.25, -0.2) is 0 Å². The first-order valence-corrected chi connectivity index (χ1v) is 5.26. The largest absolute Gasteiger partial charge is 0.303 e. The van der Waals surface area contributed by atoms with E-state index in [1.165, 1.54) is 0 Å². The van der Waals surface area contributed by atoms with E-state index in [9.17, 15) is 0 Å². The van der Waals surface area contributed by atoms with Crippen LogP contribution in [0.2, 0.25) is 0 Å². The average molecular weight is 189 g/mol. The highest BCUT2D eigenvalue weighted by atomic mass is 32.2. The van der Waals surface area contributed by atoms with E-state index < -0.39 is 0 Å². The summed E-state index contributed by atoms with van der Waals surface area (Å²) in [6.07, 6.45) is 3.13. The van der Waals surface area contributed by atoms with Gasteiger partial charge in [0.05, 0.1) is 11.0 Å². The van der Waals surface area contributed by atoms with Crippen molar-refractivity contribution in [1.29, 1.82) is 5.41 Å². The summed E-state index contributed by atoms with van der Waals surface area (Å²) >= 11 is 1.74. The topological polar surface area (TPSA) is 23.9 Å². The van der Waals surface area contributed by atoms with E-state index in [4.69, 9.17) is 5.41 Å². The molecule has 1 N–H and O–H groups in total. The Morgan fingerprint density at radius 3 is 2.69 bits per heavy atom. The van der Waals surface area contributed by atoms with Crippen LogP contribution in [0.5, 0.6) is 0 Å². The highest BCUT2D eigenvalue weighted by Crippen LogP contribution is 2.26. The fourth-order valence-electron chi connectivity index (χ4n) is 1.37. The molecule has 0 amide bonds. The van der Waals surface area contributed by atoms with Crippen LogP contribution in [0.3, 0.4) is 0 Å². The molecule has 2 rings (SSSR count). The van der Waals surface area contributed by atoms with Crippen LogP contribution in [0, 0.1) is 5.41 Å². The summed E-state index contributed by atoms with van der Waals surface area (Å²) in [5.74, 6) is 0. The zero-order chi connectivity index (χ0) is 9.10. The van der Waals surface area contributed by atoms with Crippen molar-refractivity contribution in [2.45, 2.75) is 11.7 Å². The van der Waals surface area contributed by atoms with Gasteiger partial charge in [0.1, 0.15) is 0 Å².